The number of hydrogen-bond donors (Lipinski definition) is 1. The molecule has 3 aliphatic rings. The summed E-state index contributed by atoms with van der Waals surface area (Å²) in [6.07, 6.45) is 11.5. The van der Waals surface area contributed by atoms with Crippen LogP contribution in [-0.4, -0.2) is 54.4 Å². The first-order chi connectivity index (χ1) is 16.9. The van der Waals surface area contributed by atoms with Gasteiger partial charge >= 0.3 is 0 Å². The number of carbonyl (C=O) groups is 2. The molecular weight excluding hydrogens is 436 g/mol. The van der Waals surface area contributed by atoms with E-state index in [1.54, 1.807) is 0 Å². The molecule has 1 saturated heterocycles. The van der Waals surface area contributed by atoms with Gasteiger partial charge in [0, 0.05) is 51.3 Å². The van der Waals surface area contributed by atoms with Crippen molar-refractivity contribution in [3.05, 3.63) is 36.0 Å². The third-order valence-corrected chi connectivity index (χ3v) is 8.60. The number of nitrogens with one attached hydrogen (secondary N) is 1. The second-order valence-electron chi connectivity index (χ2n) is 11.3. The van der Waals surface area contributed by atoms with Crippen LogP contribution in [0.4, 0.5) is 5.82 Å². The van der Waals surface area contributed by atoms with Crippen LogP contribution in [0.25, 0.3) is 0 Å². The maximum atomic E-state index is 13.2. The average molecular weight is 481 g/mol. The van der Waals surface area contributed by atoms with E-state index in [-0.39, 0.29) is 17.7 Å². The number of pyridine rings is 1. The highest BCUT2D eigenvalue weighted by atomic mass is 16.2. The van der Waals surface area contributed by atoms with Crippen LogP contribution in [0.15, 0.2) is 36.0 Å². The maximum absolute atomic E-state index is 13.2. The summed E-state index contributed by atoms with van der Waals surface area (Å²) in [7, 11) is 0. The van der Waals surface area contributed by atoms with Crippen LogP contribution >= 0.6 is 0 Å². The molecule has 2 amide bonds. The molecule has 0 aromatic carbocycles. The molecule has 2 fully saturated rings. The number of anilines is 1. The van der Waals surface area contributed by atoms with Gasteiger partial charge in [0.05, 0.1) is 0 Å². The fraction of sp³-hybridized carbons (Fsp3) is 0.690. The van der Waals surface area contributed by atoms with Gasteiger partial charge in [-0.05, 0) is 62.0 Å². The monoisotopic (exact) mass is 480 g/mol. The van der Waals surface area contributed by atoms with Crippen LogP contribution < -0.4 is 10.2 Å². The Kier molecular flexibility index (Phi) is 8.85. The molecule has 6 nitrogen and oxygen atoms in total. The van der Waals surface area contributed by atoms with Crippen LogP contribution in [0.1, 0.15) is 65.7 Å². The van der Waals surface area contributed by atoms with E-state index in [0.717, 1.165) is 57.8 Å². The SMILES string of the molecule is CC1=C[C@@H](CNC(=O)C2CCCCC2)[C@H](C(C)C)C[C@H]1CC(=O)N1CCN(c2ccccn2)CC1. The molecule has 3 atom stereocenters. The largest absolute Gasteiger partial charge is 0.355 e. The molecule has 6 heteroatoms. The van der Waals surface area contributed by atoms with E-state index in [4.69, 9.17) is 0 Å². The molecule has 0 spiro atoms. The molecule has 35 heavy (non-hydrogen) atoms. The Labute approximate surface area is 211 Å². The first-order valence-corrected chi connectivity index (χ1v) is 13.8. The van der Waals surface area contributed by atoms with Crippen LogP contribution in [0, 0.1) is 29.6 Å². The van der Waals surface area contributed by atoms with Gasteiger partial charge in [-0.1, -0.05) is 50.8 Å². The minimum absolute atomic E-state index is 0.207. The number of amides is 2. The van der Waals surface area contributed by atoms with Gasteiger partial charge in [-0.15, -0.1) is 0 Å². The molecule has 1 saturated carbocycles. The van der Waals surface area contributed by atoms with Gasteiger partial charge in [0.25, 0.3) is 0 Å². The van der Waals surface area contributed by atoms with Crippen molar-refractivity contribution in [1.82, 2.24) is 15.2 Å². The predicted molar refractivity (Wildman–Crippen MR) is 141 cm³/mol. The Morgan fingerprint density at radius 3 is 2.49 bits per heavy atom. The summed E-state index contributed by atoms with van der Waals surface area (Å²) in [5.41, 5.74) is 1.32. The minimum atomic E-state index is 0.207. The van der Waals surface area contributed by atoms with Gasteiger partial charge in [0.15, 0.2) is 0 Å². The van der Waals surface area contributed by atoms with Crippen LogP contribution in [0.3, 0.4) is 0 Å². The first-order valence-electron chi connectivity index (χ1n) is 13.8. The second kappa shape index (κ2) is 12.0. The fourth-order valence-electron chi connectivity index (χ4n) is 6.30. The van der Waals surface area contributed by atoms with Gasteiger partial charge < -0.3 is 15.1 Å². The Morgan fingerprint density at radius 2 is 1.83 bits per heavy atom. The van der Waals surface area contributed by atoms with E-state index in [0.29, 0.717) is 30.1 Å². The number of nitrogens with zero attached hydrogens (tertiary/aromatic N) is 3. The van der Waals surface area contributed by atoms with Gasteiger partial charge in [-0.25, -0.2) is 4.98 Å². The molecule has 2 heterocycles. The molecule has 1 aromatic heterocycles. The van der Waals surface area contributed by atoms with E-state index in [2.05, 4.69) is 42.0 Å². The summed E-state index contributed by atoms with van der Waals surface area (Å²) in [4.78, 5) is 34.7. The lowest BCUT2D eigenvalue weighted by Gasteiger charge is -2.39. The van der Waals surface area contributed by atoms with Crippen LogP contribution in [0.2, 0.25) is 0 Å². The van der Waals surface area contributed by atoms with Crippen molar-refractivity contribution in [2.75, 3.05) is 37.6 Å². The summed E-state index contributed by atoms with van der Waals surface area (Å²) < 4.78 is 0. The van der Waals surface area contributed by atoms with Crippen molar-refractivity contribution >= 4 is 17.6 Å². The summed E-state index contributed by atoms with van der Waals surface area (Å²) >= 11 is 0. The number of hydrogen-bond acceptors (Lipinski definition) is 4. The third kappa shape index (κ3) is 6.65. The Hall–Kier alpha value is -2.37. The Balaban J connectivity index is 1.30. The molecule has 0 bridgehead atoms. The Bertz CT molecular complexity index is 870. The summed E-state index contributed by atoms with van der Waals surface area (Å²) in [5, 5.41) is 3.28. The minimum Gasteiger partial charge on any atom is -0.355 e. The highest BCUT2D eigenvalue weighted by Gasteiger charge is 2.34. The topological polar surface area (TPSA) is 65.5 Å². The standard InChI is InChI=1S/C29H44N4O2/c1-21(2)26-18-24(22(3)17-25(26)20-31-29(35)23-9-5-4-6-10-23)19-28(34)33-15-13-32(14-16-33)27-11-7-8-12-30-27/h7-8,11-12,17,21,23-26H,4-6,9-10,13-16,18-20H2,1-3H3,(H,31,35)/t24-,25-,26-/m0/s1. The van der Waals surface area contributed by atoms with E-state index in [9.17, 15) is 9.59 Å². The fourth-order valence-corrected chi connectivity index (χ4v) is 6.30. The van der Waals surface area contributed by atoms with E-state index >= 15 is 0 Å². The molecule has 0 unspecified atom stereocenters. The highest BCUT2D eigenvalue weighted by Crippen LogP contribution is 2.39. The zero-order valence-electron chi connectivity index (χ0n) is 21.9. The molecule has 4 rings (SSSR count). The molecule has 1 N–H and O–H groups in total. The lowest BCUT2D eigenvalue weighted by molar-refractivity contribution is -0.132. The zero-order chi connectivity index (χ0) is 24.8. The summed E-state index contributed by atoms with van der Waals surface area (Å²) in [6, 6.07) is 5.98. The second-order valence-corrected chi connectivity index (χ2v) is 11.3. The number of carbonyl (C=O) groups excluding carboxylic acids is 2. The van der Waals surface area contributed by atoms with Crippen molar-refractivity contribution in [3.63, 3.8) is 0 Å². The van der Waals surface area contributed by atoms with Crippen LogP contribution in [0.5, 0.6) is 0 Å². The molecular formula is C29H44N4O2. The summed E-state index contributed by atoms with van der Waals surface area (Å²) in [5.74, 6) is 3.39. The average Bonchev–Trinajstić information content (AvgIpc) is 2.89. The number of aromatic nitrogens is 1. The van der Waals surface area contributed by atoms with E-state index in [1.165, 1.54) is 24.8 Å². The van der Waals surface area contributed by atoms with Crippen molar-refractivity contribution < 1.29 is 9.59 Å². The molecule has 0 radical (unpaired) electrons. The molecule has 192 valence electrons. The highest BCUT2D eigenvalue weighted by molar-refractivity contribution is 5.78. The molecule has 1 aromatic rings. The quantitative estimate of drug-likeness (QED) is 0.576. The zero-order valence-corrected chi connectivity index (χ0v) is 21.9. The van der Waals surface area contributed by atoms with Gasteiger partial charge in [-0.2, -0.15) is 0 Å². The molecule has 1 aliphatic heterocycles. The first kappa shape index (κ1) is 25.7. The number of piperazine rings is 1. The van der Waals surface area contributed by atoms with Crippen LogP contribution in [-0.2, 0) is 9.59 Å². The maximum Gasteiger partial charge on any atom is 0.223 e. The van der Waals surface area contributed by atoms with Gasteiger partial charge in [-0.3, -0.25) is 9.59 Å². The smallest absolute Gasteiger partial charge is 0.223 e. The lowest BCUT2D eigenvalue weighted by atomic mass is 9.69. The van der Waals surface area contributed by atoms with E-state index < -0.39 is 0 Å². The lowest BCUT2D eigenvalue weighted by Crippen LogP contribution is -2.49. The predicted octanol–water partition coefficient (Wildman–Crippen LogP) is 4.67. The number of rotatable bonds is 7. The van der Waals surface area contributed by atoms with Gasteiger partial charge in [0.2, 0.25) is 11.8 Å². The normalized spacial score (nSPS) is 25.9. The Morgan fingerprint density at radius 1 is 1.09 bits per heavy atom. The van der Waals surface area contributed by atoms with Crippen molar-refractivity contribution in [2.24, 2.45) is 29.6 Å². The molecule has 2 aliphatic carbocycles. The summed E-state index contributed by atoms with van der Waals surface area (Å²) in [6.45, 7) is 10.7. The van der Waals surface area contributed by atoms with Crippen molar-refractivity contribution in [1.29, 1.82) is 0 Å². The van der Waals surface area contributed by atoms with Gasteiger partial charge in [0.1, 0.15) is 5.82 Å². The van der Waals surface area contributed by atoms with E-state index in [1.807, 2.05) is 29.3 Å². The van der Waals surface area contributed by atoms with Crippen molar-refractivity contribution in [2.45, 2.75) is 65.7 Å². The van der Waals surface area contributed by atoms with Crippen molar-refractivity contribution in [3.8, 4) is 0 Å². The third-order valence-electron chi connectivity index (χ3n) is 8.60. The number of allylic oxidation sites excluding steroid dienone is 1.